The molecule has 1 heterocycles. The lowest BCUT2D eigenvalue weighted by Gasteiger charge is -2.11. The molecule has 0 saturated carbocycles. The van der Waals surface area contributed by atoms with Gasteiger partial charge in [0.2, 0.25) is 0 Å². The van der Waals surface area contributed by atoms with Gasteiger partial charge in [0, 0.05) is 30.9 Å². The van der Waals surface area contributed by atoms with Gasteiger partial charge in [-0.1, -0.05) is 30.3 Å². The Kier molecular flexibility index (Phi) is 4.61. The Hall–Kier alpha value is -3.08. The van der Waals surface area contributed by atoms with Crippen molar-refractivity contribution in [3.8, 4) is 5.75 Å². The second kappa shape index (κ2) is 7.00. The molecule has 122 valence electrons. The predicted molar refractivity (Wildman–Crippen MR) is 90.5 cm³/mol. The van der Waals surface area contributed by atoms with Crippen molar-refractivity contribution in [2.75, 3.05) is 7.11 Å². The van der Waals surface area contributed by atoms with E-state index in [2.05, 4.69) is 9.55 Å². The van der Waals surface area contributed by atoms with E-state index in [1.807, 2.05) is 42.6 Å². The van der Waals surface area contributed by atoms with Gasteiger partial charge in [-0.05, 0) is 23.8 Å². The highest BCUT2D eigenvalue weighted by atomic mass is 16.5. The van der Waals surface area contributed by atoms with Crippen LogP contribution in [0.2, 0.25) is 0 Å². The number of para-hydroxylation sites is 1. The minimum atomic E-state index is -0.916. The highest BCUT2D eigenvalue weighted by Crippen LogP contribution is 2.20. The molecule has 24 heavy (non-hydrogen) atoms. The van der Waals surface area contributed by atoms with E-state index >= 15 is 0 Å². The minimum absolute atomic E-state index is 0.290. The summed E-state index contributed by atoms with van der Waals surface area (Å²) >= 11 is 0. The van der Waals surface area contributed by atoms with Crippen molar-refractivity contribution in [3.05, 3.63) is 83.4 Å². The van der Waals surface area contributed by atoms with Crippen LogP contribution >= 0.6 is 0 Å². The molecular formula is C19H18N2O3. The van der Waals surface area contributed by atoms with Crippen molar-refractivity contribution in [2.45, 2.75) is 13.0 Å². The number of aromatic nitrogens is 2. The Labute approximate surface area is 140 Å². The largest absolute Gasteiger partial charge is 0.496 e. The van der Waals surface area contributed by atoms with Crippen LogP contribution in [0.1, 0.15) is 27.3 Å². The molecule has 0 spiro atoms. The van der Waals surface area contributed by atoms with Crippen LogP contribution < -0.4 is 4.74 Å². The van der Waals surface area contributed by atoms with Crippen molar-refractivity contribution < 1.29 is 14.6 Å². The number of nitrogens with zero attached hydrogens (tertiary/aromatic N) is 2. The van der Waals surface area contributed by atoms with Gasteiger partial charge in [0.25, 0.3) is 0 Å². The third kappa shape index (κ3) is 3.46. The van der Waals surface area contributed by atoms with Crippen molar-refractivity contribution in [2.24, 2.45) is 0 Å². The lowest BCUT2D eigenvalue weighted by molar-refractivity contribution is 0.0697. The van der Waals surface area contributed by atoms with E-state index in [4.69, 9.17) is 9.84 Å². The zero-order valence-electron chi connectivity index (χ0n) is 13.3. The zero-order chi connectivity index (χ0) is 16.9. The average Bonchev–Trinajstić information content (AvgIpc) is 3.02. The summed E-state index contributed by atoms with van der Waals surface area (Å²) in [6, 6.07) is 14.8. The summed E-state index contributed by atoms with van der Waals surface area (Å²) < 4.78 is 7.45. The number of aromatic carboxylic acids is 1. The first-order chi connectivity index (χ1) is 11.7. The Morgan fingerprint density at radius 2 is 1.92 bits per heavy atom. The number of rotatable bonds is 6. The SMILES string of the molecule is COc1ccccc1Cc1nccn1Cc1ccc(C(=O)O)cc1. The topological polar surface area (TPSA) is 64.4 Å². The van der Waals surface area contributed by atoms with Gasteiger partial charge in [-0.2, -0.15) is 0 Å². The van der Waals surface area contributed by atoms with Crippen molar-refractivity contribution >= 4 is 5.97 Å². The molecule has 2 aromatic carbocycles. The lowest BCUT2D eigenvalue weighted by atomic mass is 10.1. The second-order valence-electron chi connectivity index (χ2n) is 5.46. The number of benzene rings is 2. The maximum absolute atomic E-state index is 10.9. The van der Waals surface area contributed by atoms with Crippen LogP contribution in [0.3, 0.4) is 0 Å². The maximum atomic E-state index is 10.9. The fourth-order valence-corrected chi connectivity index (χ4v) is 2.62. The highest BCUT2D eigenvalue weighted by molar-refractivity contribution is 5.87. The van der Waals surface area contributed by atoms with Crippen molar-refractivity contribution in [1.29, 1.82) is 0 Å². The second-order valence-corrected chi connectivity index (χ2v) is 5.46. The summed E-state index contributed by atoms with van der Waals surface area (Å²) in [5.41, 5.74) is 2.39. The number of carbonyl (C=O) groups is 1. The zero-order valence-corrected chi connectivity index (χ0v) is 13.3. The number of ether oxygens (including phenoxy) is 1. The summed E-state index contributed by atoms with van der Waals surface area (Å²) in [7, 11) is 1.66. The Morgan fingerprint density at radius 3 is 2.62 bits per heavy atom. The first kappa shape index (κ1) is 15.8. The number of methoxy groups -OCH3 is 1. The smallest absolute Gasteiger partial charge is 0.335 e. The van der Waals surface area contributed by atoms with E-state index in [1.54, 1.807) is 25.4 Å². The van der Waals surface area contributed by atoms with Crippen LogP contribution in [-0.2, 0) is 13.0 Å². The van der Waals surface area contributed by atoms with Crippen LogP contribution in [0, 0.1) is 0 Å². The molecule has 0 aliphatic rings. The van der Waals surface area contributed by atoms with Gasteiger partial charge >= 0.3 is 5.97 Å². The molecule has 3 aromatic rings. The number of hydrogen-bond donors (Lipinski definition) is 1. The highest BCUT2D eigenvalue weighted by Gasteiger charge is 2.09. The van der Waals surface area contributed by atoms with Crippen LogP contribution in [0.4, 0.5) is 0 Å². The summed E-state index contributed by atoms with van der Waals surface area (Å²) in [6.07, 6.45) is 4.37. The van der Waals surface area contributed by atoms with E-state index < -0.39 is 5.97 Å². The molecule has 1 N–H and O–H groups in total. The Balaban J connectivity index is 1.79. The monoisotopic (exact) mass is 322 g/mol. The number of hydrogen-bond acceptors (Lipinski definition) is 3. The van der Waals surface area contributed by atoms with E-state index in [1.165, 1.54) is 0 Å². The molecular weight excluding hydrogens is 304 g/mol. The summed E-state index contributed by atoms with van der Waals surface area (Å²) in [5.74, 6) is 0.862. The summed E-state index contributed by atoms with van der Waals surface area (Å²) in [5, 5.41) is 8.96. The fourth-order valence-electron chi connectivity index (χ4n) is 2.62. The van der Waals surface area contributed by atoms with E-state index in [9.17, 15) is 4.79 Å². The third-order valence-electron chi connectivity index (χ3n) is 3.90. The van der Waals surface area contributed by atoms with Gasteiger partial charge in [0.1, 0.15) is 11.6 Å². The molecule has 0 fully saturated rings. The molecule has 0 amide bonds. The first-order valence-electron chi connectivity index (χ1n) is 7.61. The van der Waals surface area contributed by atoms with Gasteiger partial charge in [-0.15, -0.1) is 0 Å². The fraction of sp³-hybridized carbons (Fsp3) is 0.158. The molecule has 0 radical (unpaired) electrons. The van der Waals surface area contributed by atoms with Gasteiger partial charge in [-0.3, -0.25) is 0 Å². The number of carboxylic acid groups (broad SMARTS) is 1. The van der Waals surface area contributed by atoms with Gasteiger partial charge < -0.3 is 14.4 Å². The number of imidazole rings is 1. The van der Waals surface area contributed by atoms with Crippen molar-refractivity contribution in [1.82, 2.24) is 9.55 Å². The quantitative estimate of drug-likeness (QED) is 0.757. The van der Waals surface area contributed by atoms with Crippen molar-refractivity contribution in [3.63, 3.8) is 0 Å². The maximum Gasteiger partial charge on any atom is 0.335 e. The molecule has 1 aromatic heterocycles. The molecule has 0 aliphatic carbocycles. The first-order valence-corrected chi connectivity index (χ1v) is 7.61. The average molecular weight is 322 g/mol. The summed E-state index contributed by atoms with van der Waals surface area (Å²) in [6.45, 7) is 0.643. The van der Waals surface area contributed by atoms with E-state index in [0.29, 0.717) is 18.5 Å². The third-order valence-corrected chi connectivity index (χ3v) is 3.90. The predicted octanol–water partition coefficient (Wildman–Crippen LogP) is 3.23. The van der Waals surface area contributed by atoms with Gasteiger partial charge in [0.05, 0.1) is 12.7 Å². The molecule has 0 atom stereocenters. The Bertz CT molecular complexity index is 838. The molecule has 0 saturated heterocycles. The molecule has 0 bridgehead atoms. The molecule has 0 unspecified atom stereocenters. The minimum Gasteiger partial charge on any atom is -0.496 e. The standard InChI is InChI=1S/C19H18N2O3/c1-24-17-5-3-2-4-16(17)12-18-20-10-11-21(18)13-14-6-8-15(9-7-14)19(22)23/h2-11H,12-13H2,1H3,(H,22,23). The van der Waals surface area contributed by atoms with Crippen LogP contribution in [0.25, 0.3) is 0 Å². The van der Waals surface area contributed by atoms with E-state index in [-0.39, 0.29) is 0 Å². The molecule has 5 nitrogen and oxygen atoms in total. The lowest BCUT2D eigenvalue weighted by Crippen LogP contribution is -2.06. The van der Waals surface area contributed by atoms with Crippen LogP contribution in [-0.4, -0.2) is 27.7 Å². The molecule has 3 rings (SSSR count). The normalized spacial score (nSPS) is 10.5. The number of carboxylic acids is 1. The molecule has 5 heteroatoms. The van der Waals surface area contributed by atoms with Crippen LogP contribution in [0.5, 0.6) is 5.75 Å². The Morgan fingerprint density at radius 1 is 1.17 bits per heavy atom. The molecule has 0 aliphatic heterocycles. The van der Waals surface area contributed by atoms with Gasteiger partial charge in [0.15, 0.2) is 0 Å². The summed E-state index contributed by atoms with van der Waals surface area (Å²) in [4.78, 5) is 15.4. The van der Waals surface area contributed by atoms with Gasteiger partial charge in [-0.25, -0.2) is 9.78 Å². The van der Waals surface area contributed by atoms with E-state index in [0.717, 1.165) is 22.7 Å². The van der Waals surface area contributed by atoms with Crippen LogP contribution in [0.15, 0.2) is 60.9 Å².